The van der Waals surface area contributed by atoms with Gasteiger partial charge in [0.05, 0.1) is 18.6 Å². The van der Waals surface area contributed by atoms with Crippen LogP contribution >= 0.6 is 23.2 Å². The summed E-state index contributed by atoms with van der Waals surface area (Å²) >= 11 is 12.6. The zero-order valence-corrected chi connectivity index (χ0v) is 28.2. The zero-order valence-electron chi connectivity index (χ0n) is 25.8. The molecule has 11 heteroatoms. The van der Waals surface area contributed by atoms with Crippen LogP contribution < -0.4 is 14.4 Å². The topological polar surface area (TPSA) is 96.0 Å². The molecule has 1 atom stereocenters. The molecule has 0 spiro atoms. The highest BCUT2D eigenvalue weighted by Crippen LogP contribution is 2.26. The predicted octanol–water partition coefficient (Wildman–Crippen LogP) is 6.49. The minimum atomic E-state index is -3.64. The Kier molecular flexibility index (Phi) is 12.5. The third-order valence-corrected chi connectivity index (χ3v) is 8.49. The molecule has 0 aliphatic carbocycles. The first kappa shape index (κ1) is 35.2. The Morgan fingerprint density at radius 1 is 0.977 bits per heavy atom. The van der Waals surface area contributed by atoms with E-state index in [2.05, 4.69) is 5.32 Å². The second kappa shape index (κ2) is 15.6. The fraction of sp³-hybridized carbons (Fsp3) is 0.394. The molecule has 3 rings (SSSR count). The second-order valence-electron chi connectivity index (χ2n) is 11.6. The maximum absolute atomic E-state index is 14.0. The number of sulfonamides is 1. The van der Waals surface area contributed by atoms with Gasteiger partial charge in [0, 0.05) is 41.5 Å². The number of hydrogen-bond acceptors (Lipinski definition) is 5. The molecule has 44 heavy (non-hydrogen) atoms. The number of carbonyl (C=O) groups excluding carboxylic acids is 2. The Labute approximate surface area is 271 Å². The number of nitrogens with one attached hydrogen (secondary N) is 1. The molecule has 0 saturated heterocycles. The lowest BCUT2D eigenvalue weighted by Crippen LogP contribution is -2.54. The molecule has 0 aromatic heterocycles. The number of carbonyl (C=O) groups is 2. The molecule has 0 heterocycles. The van der Waals surface area contributed by atoms with Crippen LogP contribution in [0.25, 0.3) is 0 Å². The Balaban J connectivity index is 1.91. The van der Waals surface area contributed by atoms with Crippen LogP contribution in [0.1, 0.15) is 51.7 Å². The van der Waals surface area contributed by atoms with Crippen molar-refractivity contribution in [1.29, 1.82) is 0 Å². The summed E-state index contributed by atoms with van der Waals surface area (Å²) in [7, 11) is -3.64. The molecule has 0 fully saturated rings. The normalized spacial score (nSPS) is 12.3. The summed E-state index contributed by atoms with van der Waals surface area (Å²) in [5, 5.41) is 3.86. The predicted molar refractivity (Wildman–Crippen MR) is 178 cm³/mol. The lowest BCUT2D eigenvalue weighted by molar-refractivity contribution is -0.142. The number of hydrogen-bond donors (Lipinski definition) is 1. The van der Waals surface area contributed by atoms with Crippen LogP contribution in [0.2, 0.25) is 10.0 Å². The first-order chi connectivity index (χ1) is 20.7. The molecule has 0 aliphatic heterocycles. The van der Waals surface area contributed by atoms with E-state index < -0.39 is 21.6 Å². The minimum absolute atomic E-state index is 0.00233. The van der Waals surface area contributed by atoms with Crippen molar-refractivity contribution in [2.75, 3.05) is 23.7 Å². The molecule has 0 unspecified atom stereocenters. The van der Waals surface area contributed by atoms with Crippen molar-refractivity contribution >= 4 is 50.7 Å². The number of ether oxygens (including phenoxy) is 1. The van der Waals surface area contributed by atoms with Crippen LogP contribution in [0.5, 0.6) is 5.75 Å². The van der Waals surface area contributed by atoms with Gasteiger partial charge in [-0.2, -0.15) is 0 Å². The van der Waals surface area contributed by atoms with Gasteiger partial charge in [-0.3, -0.25) is 13.9 Å². The van der Waals surface area contributed by atoms with E-state index in [1.54, 1.807) is 42.5 Å². The quantitative estimate of drug-likeness (QED) is 0.213. The molecule has 2 amide bonds. The minimum Gasteiger partial charge on any atom is -0.494 e. The van der Waals surface area contributed by atoms with Gasteiger partial charge in [-0.1, -0.05) is 59.6 Å². The average molecular weight is 663 g/mol. The smallest absolute Gasteiger partial charge is 0.243 e. The molecule has 0 saturated carbocycles. The maximum Gasteiger partial charge on any atom is 0.243 e. The van der Waals surface area contributed by atoms with Gasteiger partial charge in [0.25, 0.3) is 0 Å². The third kappa shape index (κ3) is 10.7. The average Bonchev–Trinajstić information content (AvgIpc) is 2.93. The van der Waals surface area contributed by atoms with Gasteiger partial charge >= 0.3 is 0 Å². The lowest BCUT2D eigenvalue weighted by atomic mass is 10.00. The van der Waals surface area contributed by atoms with Gasteiger partial charge in [0.2, 0.25) is 21.8 Å². The highest BCUT2D eigenvalue weighted by molar-refractivity contribution is 7.92. The number of halogens is 2. The third-order valence-electron chi connectivity index (χ3n) is 6.71. The first-order valence-electron chi connectivity index (χ1n) is 14.5. The van der Waals surface area contributed by atoms with Gasteiger partial charge in [-0.25, -0.2) is 8.42 Å². The van der Waals surface area contributed by atoms with Gasteiger partial charge < -0.3 is 15.0 Å². The Hall–Kier alpha value is -3.27. The second-order valence-corrected chi connectivity index (χ2v) is 14.3. The van der Waals surface area contributed by atoms with Crippen molar-refractivity contribution < 1.29 is 22.7 Å². The number of rotatable bonds is 14. The Morgan fingerprint density at radius 3 is 2.20 bits per heavy atom. The van der Waals surface area contributed by atoms with Gasteiger partial charge in [-0.15, -0.1) is 0 Å². The molecular formula is C33H41Cl2N3O5S. The van der Waals surface area contributed by atoms with Crippen molar-refractivity contribution in [3.05, 3.63) is 94.0 Å². The highest BCUT2D eigenvalue weighted by atomic mass is 35.5. The lowest BCUT2D eigenvalue weighted by Gasteiger charge is -2.34. The highest BCUT2D eigenvalue weighted by Gasteiger charge is 2.32. The summed E-state index contributed by atoms with van der Waals surface area (Å²) in [5.74, 6) is 0.0301. The zero-order chi connectivity index (χ0) is 32.5. The van der Waals surface area contributed by atoms with Crippen molar-refractivity contribution in [3.8, 4) is 5.75 Å². The number of nitrogens with zero attached hydrogens (tertiary/aromatic N) is 2. The van der Waals surface area contributed by atoms with Gasteiger partial charge in [-0.05, 0) is 81.6 Å². The van der Waals surface area contributed by atoms with E-state index in [-0.39, 0.29) is 44.2 Å². The van der Waals surface area contributed by atoms with Gasteiger partial charge in [0.15, 0.2) is 0 Å². The van der Waals surface area contributed by atoms with Gasteiger partial charge in [0.1, 0.15) is 11.8 Å². The maximum atomic E-state index is 14.0. The van der Waals surface area contributed by atoms with E-state index in [0.29, 0.717) is 33.7 Å². The molecule has 0 aliphatic rings. The summed E-state index contributed by atoms with van der Waals surface area (Å²) in [4.78, 5) is 29.3. The summed E-state index contributed by atoms with van der Waals surface area (Å²) < 4.78 is 32.2. The molecule has 3 aromatic rings. The van der Waals surface area contributed by atoms with Crippen molar-refractivity contribution in [2.45, 2.75) is 65.1 Å². The Morgan fingerprint density at radius 2 is 1.64 bits per heavy atom. The standard InChI is InChI=1S/C33H41Cl2N3O5S/c1-6-43-28-18-16-27(17-19-28)38(44(5,41)42)20-10-13-31(39)37(23-25-14-15-26(34)22-29(25)35)30(32(40)36-33(2,3)4)21-24-11-8-7-9-12-24/h7-9,11-12,14-19,22,30H,6,10,13,20-21,23H2,1-5H3,(H,36,40)/t30-/m1/s1. The molecule has 0 bridgehead atoms. The monoisotopic (exact) mass is 661 g/mol. The fourth-order valence-corrected chi connectivity index (χ4v) is 6.15. The first-order valence-corrected chi connectivity index (χ1v) is 17.1. The van der Waals surface area contributed by atoms with E-state index in [4.69, 9.17) is 27.9 Å². The molecule has 3 aromatic carbocycles. The van der Waals surface area contributed by atoms with Crippen molar-refractivity contribution in [3.63, 3.8) is 0 Å². The van der Waals surface area contributed by atoms with E-state index in [9.17, 15) is 18.0 Å². The van der Waals surface area contributed by atoms with Crippen molar-refractivity contribution in [2.24, 2.45) is 0 Å². The van der Waals surface area contributed by atoms with Crippen LogP contribution in [-0.2, 0) is 32.6 Å². The molecule has 238 valence electrons. The summed E-state index contributed by atoms with van der Waals surface area (Å²) in [5.41, 5.74) is 1.46. The number of anilines is 1. The summed E-state index contributed by atoms with van der Waals surface area (Å²) in [6, 6.07) is 20.4. The molecule has 8 nitrogen and oxygen atoms in total. The fourth-order valence-electron chi connectivity index (χ4n) is 4.72. The number of benzene rings is 3. The largest absolute Gasteiger partial charge is 0.494 e. The van der Waals surface area contributed by atoms with E-state index >= 15 is 0 Å². The molecule has 0 radical (unpaired) electrons. The van der Waals surface area contributed by atoms with Crippen LogP contribution in [0.15, 0.2) is 72.8 Å². The van der Waals surface area contributed by atoms with E-state index in [1.807, 2.05) is 58.0 Å². The van der Waals surface area contributed by atoms with Crippen LogP contribution in [-0.4, -0.2) is 56.1 Å². The summed E-state index contributed by atoms with van der Waals surface area (Å²) in [6.07, 6.45) is 1.64. The molecular weight excluding hydrogens is 621 g/mol. The number of amides is 2. The van der Waals surface area contributed by atoms with Crippen LogP contribution in [0.3, 0.4) is 0 Å². The van der Waals surface area contributed by atoms with E-state index in [0.717, 1.165) is 11.8 Å². The van der Waals surface area contributed by atoms with Crippen LogP contribution in [0, 0.1) is 0 Å². The SMILES string of the molecule is CCOc1ccc(N(CCCC(=O)N(Cc2ccc(Cl)cc2Cl)[C@H](Cc2ccccc2)C(=O)NC(C)(C)C)S(C)(=O)=O)cc1. The van der Waals surface area contributed by atoms with E-state index in [1.165, 1.54) is 9.21 Å². The molecule has 1 N–H and O–H groups in total. The summed E-state index contributed by atoms with van der Waals surface area (Å²) in [6.45, 7) is 8.15. The Bertz CT molecular complexity index is 1510. The van der Waals surface area contributed by atoms with Crippen LogP contribution in [0.4, 0.5) is 5.69 Å². The van der Waals surface area contributed by atoms with Crippen molar-refractivity contribution in [1.82, 2.24) is 10.2 Å².